The summed E-state index contributed by atoms with van der Waals surface area (Å²) in [4.78, 5) is 28.0. The van der Waals surface area contributed by atoms with E-state index in [1.165, 1.54) is 12.4 Å². The molecule has 16 heavy (non-hydrogen) atoms. The zero-order valence-electron chi connectivity index (χ0n) is 8.80. The summed E-state index contributed by atoms with van der Waals surface area (Å²) >= 11 is 0. The van der Waals surface area contributed by atoms with E-state index in [1.807, 2.05) is 4.57 Å². The molecule has 1 aliphatic rings. The Morgan fingerprint density at radius 1 is 1.50 bits per heavy atom. The fourth-order valence-electron chi connectivity index (χ4n) is 1.69. The molecule has 1 aromatic rings. The van der Waals surface area contributed by atoms with Crippen LogP contribution in [0.5, 0.6) is 0 Å². The van der Waals surface area contributed by atoms with Crippen molar-refractivity contribution in [2.45, 2.75) is 20.0 Å². The lowest BCUT2D eigenvalue weighted by Gasteiger charge is -2.26. The van der Waals surface area contributed by atoms with Gasteiger partial charge in [0.05, 0.1) is 6.54 Å². The molecule has 0 fully saturated rings. The lowest BCUT2D eigenvalue weighted by molar-refractivity contribution is -0.130. The summed E-state index contributed by atoms with van der Waals surface area (Å²) < 4.78 is 1.81. The Labute approximate surface area is 91.6 Å². The topological polar surface area (TPSA) is 87.5 Å². The van der Waals surface area contributed by atoms with E-state index in [0.29, 0.717) is 25.5 Å². The van der Waals surface area contributed by atoms with Gasteiger partial charge in [-0.25, -0.2) is 10.5 Å². The lowest BCUT2D eigenvalue weighted by atomic mass is 10.3. The fraction of sp³-hybridized carbons (Fsp3) is 0.444. The number of nitrogens with one attached hydrogen (secondary N) is 1. The highest BCUT2D eigenvalue weighted by atomic mass is 16.5. The third-order valence-electron chi connectivity index (χ3n) is 2.58. The Balaban J connectivity index is 2.23. The summed E-state index contributed by atoms with van der Waals surface area (Å²) in [6.45, 7) is 3.12. The van der Waals surface area contributed by atoms with Gasteiger partial charge >= 0.3 is 0 Å². The van der Waals surface area contributed by atoms with Gasteiger partial charge in [0, 0.05) is 26.2 Å². The Kier molecular flexibility index (Phi) is 2.61. The van der Waals surface area contributed by atoms with Gasteiger partial charge < -0.3 is 9.47 Å². The molecule has 0 bridgehead atoms. The second-order valence-corrected chi connectivity index (χ2v) is 3.62. The van der Waals surface area contributed by atoms with Gasteiger partial charge in [-0.1, -0.05) is 0 Å². The van der Waals surface area contributed by atoms with Crippen molar-refractivity contribution in [3.8, 4) is 0 Å². The minimum Gasteiger partial charge on any atom is -0.334 e. The molecular formula is C9H12N4O3. The highest BCUT2D eigenvalue weighted by Crippen LogP contribution is 2.12. The molecule has 0 aromatic carbocycles. The van der Waals surface area contributed by atoms with E-state index < -0.39 is 5.91 Å². The van der Waals surface area contributed by atoms with Crippen molar-refractivity contribution in [2.75, 3.05) is 6.54 Å². The van der Waals surface area contributed by atoms with E-state index >= 15 is 0 Å². The van der Waals surface area contributed by atoms with E-state index in [-0.39, 0.29) is 11.6 Å². The molecule has 0 saturated heterocycles. The van der Waals surface area contributed by atoms with Crippen LogP contribution in [-0.2, 0) is 17.9 Å². The Hall–Kier alpha value is -1.89. The number of aromatic nitrogens is 2. The zero-order valence-corrected chi connectivity index (χ0v) is 8.80. The van der Waals surface area contributed by atoms with Crippen LogP contribution >= 0.6 is 0 Å². The number of hydrogen-bond donors (Lipinski definition) is 2. The maximum absolute atomic E-state index is 11.2. The zero-order chi connectivity index (χ0) is 11.7. The number of carbonyl (C=O) groups is 2. The molecular weight excluding hydrogens is 212 g/mol. The van der Waals surface area contributed by atoms with Crippen LogP contribution in [-0.4, -0.2) is 38.0 Å². The molecule has 7 heteroatoms. The van der Waals surface area contributed by atoms with Crippen LogP contribution in [0.15, 0.2) is 6.20 Å². The number of rotatable bonds is 1. The summed E-state index contributed by atoms with van der Waals surface area (Å²) in [5.74, 6) is -0.00117. The molecule has 2 amide bonds. The minimum absolute atomic E-state index is 0.0117. The summed E-state index contributed by atoms with van der Waals surface area (Å²) in [5, 5.41) is 8.48. The molecule has 0 aliphatic carbocycles. The number of hydroxylamine groups is 1. The second-order valence-electron chi connectivity index (χ2n) is 3.62. The van der Waals surface area contributed by atoms with Crippen LogP contribution in [0.2, 0.25) is 0 Å². The van der Waals surface area contributed by atoms with Crippen LogP contribution < -0.4 is 5.48 Å². The fourth-order valence-corrected chi connectivity index (χ4v) is 1.69. The van der Waals surface area contributed by atoms with Gasteiger partial charge in [-0.05, 0) is 0 Å². The number of imidazole rings is 1. The first-order valence-corrected chi connectivity index (χ1v) is 4.88. The van der Waals surface area contributed by atoms with E-state index in [1.54, 1.807) is 11.1 Å². The third-order valence-corrected chi connectivity index (χ3v) is 2.58. The van der Waals surface area contributed by atoms with Gasteiger partial charge in [-0.2, -0.15) is 0 Å². The van der Waals surface area contributed by atoms with E-state index in [2.05, 4.69) is 4.98 Å². The van der Waals surface area contributed by atoms with Crippen molar-refractivity contribution in [1.29, 1.82) is 0 Å². The molecule has 86 valence electrons. The Morgan fingerprint density at radius 2 is 2.25 bits per heavy atom. The first-order chi connectivity index (χ1) is 7.61. The Morgan fingerprint density at radius 3 is 2.88 bits per heavy atom. The molecule has 0 spiro atoms. The van der Waals surface area contributed by atoms with Gasteiger partial charge in [0.1, 0.15) is 11.5 Å². The van der Waals surface area contributed by atoms with Crippen LogP contribution in [0.3, 0.4) is 0 Å². The largest absolute Gasteiger partial charge is 0.334 e. The quantitative estimate of drug-likeness (QED) is 0.491. The number of amides is 2. The van der Waals surface area contributed by atoms with Crippen molar-refractivity contribution in [3.05, 3.63) is 17.7 Å². The standard InChI is InChI=1S/C9H12N4O3/c1-6(14)12-2-3-13-4-7(9(15)11-16)10-8(13)5-12/h4,16H,2-3,5H2,1H3,(H,11,15). The summed E-state index contributed by atoms with van der Waals surface area (Å²) in [6.07, 6.45) is 1.57. The second kappa shape index (κ2) is 3.93. The smallest absolute Gasteiger partial charge is 0.294 e. The first-order valence-electron chi connectivity index (χ1n) is 4.88. The molecule has 2 N–H and O–H groups in total. The normalized spacial score (nSPS) is 14.5. The maximum atomic E-state index is 11.2. The van der Waals surface area contributed by atoms with Crippen LogP contribution in [0.25, 0.3) is 0 Å². The predicted molar refractivity (Wildman–Crippen MR) is 52.6 cm³/mol. The average Bonchev–Trinajstić information content (AvgIpc) is 2.70. The van der Waals surface area contributed by atoms with Crippen molar-refractivity contribution < 1.29 is 14.8 Å². The van der Waals surface area contributed by atoms with Crippen LogP contribution in [0.1, 0.15) is 23.2 Å². The van der Waals surface area contributed by atoms with Gasteiger partial charge in [-0.15, -0.1) is 0 Å². The highest BCUT2D eigenvalue weighted by Gasteiger charge is 2.21. The molecule has 2 heterocycles. The SMILES string of the molecule is CC(=O)N1CCn2cc(C(=O)NO)nc2C1. The third kappa shape index (κ3) is 1.76. The summed E-state index contributed by atoms with van der Waals surface area (Å²) in [5.41, 5.74) is 1.68. The van der Waals surface area contributed by atoms with E-state index in [0.717, 1.165) is 0 Å². The molecule has 0 unspecified atom stereocenters. The Bertz CT molecular complexity index is 440. The molecule has 0 atom stereocenters. The van der Waals surface area contributed by atoms with Gasteiger partial charge in [0.25, 0.3) is 5.91 Å². The minimum atomic E-state index is -0.642. The first kappa shape index (κ1) is 10.6. The molecule has 2 rings (SSSR count). The average molecular weight is 224 g/mol. The van der Waals surface area contributed by atoms with Gasteiger partial charge in [-0.3, -0.25) is 14.8 Å². The van der Waals surface area contributed by atoms with Crippen molar-refractivity contribution >= 4 is 11.8 Å². The van der Waals surface area contributed by atoms with Crippen molar-refractivity contribution in [1.82, 2.24) is 19.9 Å². The summed E-state index contributed by atoms with van der Waals surface area (Å²) in [6, 6.07) is 0. The van der Waals surface area contributed by atoms with E-state index in [9.17, 15) is 9.59 Å². The molecule has 1 aliphatic heterocycles. The predicted octanol–water partition coefficient (Wildman–Crippen LogP) is -0.636. The number of nitrogens with zero attached hydrogens (tertiary/aromatic N) is 3. The van der Waals surface area contributed by atoms with Crippen molar-refractivity contribution in [2.24, 2.45) is 0 Å². The number of hydrogen-bond acceptors (Lipinski definition) is 4. The van der Waals surface area contributed by atoms with E-state index in [4.69, 9.17) is 5.21 Å². The molecule has 1 aromatic heterocycles. The number of carbonyl (C=O) groups excluding carboxylic acids is 2. The summed E-state index contributed by atoms with van der Waals surface area (Å²) in [7, 11) is 0. The maximum Gasteiger partial charge on any atom is 0.294 e. The molecule has 7 nitrogen and oxygen atoms in total. The molecule has 0 saturated carbocycles. The van der Waals surface area contributed by atoms with Gasteiger partial charge in [0.15, 0.2) is 0 Å². The molecule has 0 radical (unpaired) electrons. The van der Waals surface area contributed by atoms with Gasteiger partial charge in [0.2, 0.25) is 5.91 Å². The lowest BCUT2D eigenvalue weighted by Crippen LogP contribution is -2.36. The van der Waals surface area contributed by atoms with Crippen LogP contribution in [0, 0.1) is 0 Å². The number of fused-ring (bicyclic) bond motifs is 1. The monoisotopic (exact) mass is 224 g/mol. The van der Waals surface area contributed by atoms with Crippen LogP contribution in [0.4, 0.5) is 0 Å². The highest BCUT2D eigenvalue weighted by molar-refractivity contribution is 5.91. The van der Waals surface area contributed by atoms with Crippen molar-refractivity contribution in [3.63, 3.8) is 0 Å².